The van der Waals surface area contributed by atoms with Crippen LogP contribution in [0, 0.1) is 17.7 Å². The molecule has 1 fully saturated rings. The maximum Gasteiger partial charge on any atom is 0.123 e. The summed E-state index contributed by atoms with van der Waals surface area (Å²) in [5, 5.41) is 10.8. The largest absolute Gasteiger partial charge is 0.385 e. The van der Waals surface area contributed by atoms with Crippen molar-refractivity contribution in [3.63, 3.8) is 0 Å². The van der Waals surface area contributed by atoms with E-state index in [0.717, 1.165) is 24.8 Å². The van der Waals surface area contributed by atoms with Crippen LogP contribution in [0.2, 0.25) is 0 Å². The fourth-order valence-electron chi connectivity index (χ4n) is 3.26. The number of aliphatic hydroxyl groups is 1. The molecule has 0 heterocycles. The van der Waals surface area contributed by atoms with Gasteiger partial charge < -0.3 is 5.11 Å². The lowest BCUT2D eigenvalue weighted by Gasteiger charge is -2.38. The van der Waals surface area contributed by atoms with E-state index in [1.807, 2.05) is 0 Å². The molecule has 18 heavy (non-hydrogen) atoms. The molecule has 100 valence electrons. The first kappa shape index (κ1) is 13.5. The highest BCUT2D eigenvalue weighted by Crippen LogP contribution is 2.41. The summed E-state index contributed by atoms with van der Waals surface area (Å²) >= 11 is 0. The van der Waals surface area contributed by atoms with E-state index >= 15 is 0 Å². The second-order valence-electron chi connectivity index (χ2n) is 6.13. The normalized spacial score (nSPS) is 28.6. The molecule has 1 N–H and O–H groups in total. The predicted octanol–water partition coefficient (Wildman–Crippen LogP) is 4.25. The zero-order valence-corrected chi connectivity index (χ0v) is 11.3. The molecule has 1 saturated carbocycles. The summed E-state index contributed by atoms with van der Waals surface area (Å²) in [5.41, 5.74) is 0.128. The Morgan fingerprint density at radius 1 is 1.33 bits per heavy atom. The van der Waals surface area contributed by atoms with Crippen LogP contribution in [0.3, 0.4) is 0 Å². The summed E-state index contributed by atoms with van der Waals surface area (Å²) in [7, 11) is 0. The van der Waals surface area contributed by atoms with Crippen LogP contribution in [-0.2, 0) is 5.60 Å². The SMILES string of the molecule is CC(C)CC1CCCC(O)(c2ccc(F)cc2)C1. The Balaban J connectivity index is 2.12. The summed E-state index contributed by atoms with van der Waals surface area (Å²) < 4.78 is 12.9. The fraction of sp³-hybridized carbons (Fsp3) is 0.625. The molecule has 2 heteroatoms. The molecular weight excluding hydrogens is 227 g/mol. The van der Waals surface area contributed by atoms with Crippen LogP contribution < -0.4 is 0 Å². The summed E-state index contributed by atoms with van der Waals surface area (Å²) in [6.07, 6.45) is 5.06. The van der Waals surface area contributed by atoms with Crippen molar-refractivity contribution in [2.75, 3.05) is 0 Å². The van der Waals surface area contributed by atoms with Crippen molar-refractivity contribution in [1.29, 1.82) is 0 Å². The van der Waals surface area contributed by atoms with Gasteiger partial charge in [-0.3, -0.25) is 0 Å². The van der Waals surface area contributed by atoms with Gasteiger partial charge in [0.05, 0.1) is 5.60 Å². The van der Waals surface area contributed by atoms with Gasteiger partial charge in [-0.05, 0) is 55.2 Å². The van der Waals surface area contributed by atoms with E-state index in [9.17, 15) is 9.50 Å². The van der Waals surface area contributed by atoms with E-state index < -0.39 is 5.60 Å². The van der Waals surface area contributed by atoms with Crippen molar-refractivity contribution >= 4 is 0 Å². The van der Waals surface area contributed by atoms with Crippen LogP contribution in [0.4, 0.5) is 4.39 Å². The van der Waals surface area contributed by atoms with Gasteiger partial charge in [-0.25, -0.2) is 4.39 Å². The molecule has 1 aliphatic carbocycles. The molecular formula is C16H23FO. The molecule has 2 atom stereocenters. The molecule has 1 aromatic carbocycles. The molecule has 0 saturated heterocycles. The molecule has 1 nitrogen and oxygen atoms in total. The average Bonchev–Trinajstić information content (AvgIpc) is 2.28. The molecule has 0 spiro atoms. The lowest BCUT2D eigenvalue weighted by atomic mass is 9.72. The van der Waals surface area contributed by atoms with Gasteiger partial charge in [-0.2, -0.15) is 0 Å². The topological polar surface area (TPSA) is 20.2 Å². The average molecular weight is 250 g/mol. The number of hydrogen-bond donors (Lipinski definition) is 1. The van der Waals surface area contributed by atoms with Gasteiger partial charge in [0.1, 0.15) is 5.82 Å². The highest BCUT2D eigenvalue weighted by molar-refractivity contribution is 5.23. The van der Waals surface area contributed by atoms with Crippen molar-refractivity contribution in [3.05, 3.63) is 35.6 Å². The van der Waals surface area contributed by atoms with Crippen LogP contribution in [0.1, 0.15) is 51.5 Å². The lowest BCUT2D eigenvalue weighted by molar-refractivity contribution is -0.0245. The Morgan fingerprint density at radius 3 is 2.61 bits per heavy atom. The Bertz CT molecular complexity index is 385. The van der Waals surface area contributed by atoms with Crippen LogP contribution in [0.15, 0.2) is 24.3 Å². The molecule has 1 aromatic rings. The zero-order valence-electron chi connectivity index (χ0n) is 11.3. The Labute approximate surface area is 109 Å². The van der Waals surface area contributed by atoms with Crippen LogP contribution in [0.25, 0.3) is 0 Å². The molecule has 1 aliphatic rings. The third-order valence-electron chi connectivity index (χ3n) is 4.02. The van der Waals surface area contributed by atoms with Crippen LogP contribution in [0.5, 0.6) is 0 Å². The first-order valence-corrected chi connectivity index (χ1v) is 6.98. The van der Waals surface area contributed by atoms with Crippen LogP contribution in [-0.4, -0.2) is 5.11 Å². The second kappa shape index (κ2) is 5.40. The van der Waals surface area contributed by atoms with Gasteiger partial charge in [0.15, 0.2) is 0 Å². The summed E-state index contributed by atoms with van der Waals surface area (Å²) in [6.45, 7) is 4.46. The minimum atomic E-state index is -0.745. The predicted molar refractivity (Wildman–Crippen MR) is 71.7 cm³/mol. The molecule has 0 aromatic heterocycles. The molecule has 2 rings (SSSR count). The van der Waals surface area contributed by atoms with Crippen molar-refractivity contribution in [2.45, 2.75) is 51.6 Å². The smallest absolute Gasteiger partial charge is 0.123 e. The monoisotopic (exact) mass is 250 g/mol. The minimum absolute atomic E-state index is 0.239. The van der Waals surface area contributed by atoms with E-state index in [-0.39, 0.29) is 5.82 Å². The van der Waals surface area contributed by atoms with Gasteiger partial charge in [0, 0.05) is 0 Å². The molecule has 2 unspecified atom stereocenters. The summed E-state index contributed by atoms with van der Waals surface area (Å²) in [5.74, 6) is 1.02. The second-order valence-corrected chi connectivity index (χ2v) is 6.13. The van der Waals surface area contributed by atoms with Crippen molar-refractivity contribution in [3.8, 4) is 0 Å². The molecule has 0 amide bonds. The van der Waals surface area contributed by atoms with Crippen molar-refractivity contribution in [2.24, 2.45) is 11.8 Å². The van der Waals surface area contributed by atoms with E-state index in [0.29, 0.717) is 11.8 Å². The van der Waals surface area contributed by atoms with Gasteiger partial charge in [0.25, 0.3) is 0 Å². The Kier molecular flexibility index (Phi) is 4.06. The standard InChI is InChI=1S/C16H23FO/c1-12(2)10-13-4-3-9-16(18,11-13)14-5-7-15(17)8-6-14/h5-8,12-13,18H,3-4,9-11H2,1-2H3. The number of halogens is 1. The Morgan fingerprint density at radius 2 is 2.00 bits per heavy atom. The first-order valence-electron chi connectivity index (χ1n) is 6.98. The van der Waals surface area contributed by atoms with E-state index in [1.54, 1.807) is 12.1 Å². The molecule has 0 aliphatic heterocycles. The quantitative estimate of drug-likeness (QED) is 0.850. The Hall–Kier alpha value is -0.890. The first-order chi connectivity index (χ1) is 8.49. The van der Waals surface area contributed by atoms with E-state index in [4.69, 9.17) is 0 Å². The van der Waals surface area contributed by atoms with Gasteiger partial charge in [-0.15, -0.1) is 0 Å². The van der Waals surface area contributed by atoms with E-state index in [2.05, 4.69) is 13.8 Å². The summed E-state index contributed by atoms with van der Waals surface area (Å²) in [4.78, 5) is 0. The number of hydrogen-bond acceptors (Lipinski definition) is 1. The number of rotatable bonds is 3. The van der Waals surface area contributed by atoms with Crippen LogP contribution >= 0.6 is 0 Å². The van der Waals surface area contributed by atoms with E-state index in [1.165, 1.54) is 25.0 Å². The highest BCUT2D eigenvalue weighted by Gasteiger charge is 2.35. The third-order valence-corrected chi connectivity index (χ3v) is 4.02. The zero-order chi connectivity index (χ0) is 13.2. The van der Waals surface area contributed by atoms with Crippen molar-refractivity contribution in [1.82, 2.24) is 0 Å². The molecule has 0 bridgehead atoms. The van der Waals surface area contributed by atoms with Gasteiger partial charge in [0.2, 0.25) is 0 Å². The van der Waals surface area contributed by atoms with Crippen molar-refractivity contribution < 1.29 is 9.50 Å². The lowest BCUT2D eigenvalue weighted by Crippen LogP contribution is -2.33. The van der Waals surface area contributed by atoms with Gasteiger partial charge in [-0.1, -0.05) is 32.4 Å². The number of benzene rings is 1. The fourth-order valence-corrected chi connectivity index (χ4v) is 3.26. The maximum atomic E-state index is 12.9. The third kappa shape index (κ3) is 3.11. The molecule has 0 radical (unpaired) electrons. The summed E-state index contributed by atoms with van der Waals surface area (Å²) in [6, 6.07) is 6.35. The maximum absolute atomic E-state index is 12.9. The minimum Gasteiger partial charge on any atom is -0.385 e. The van der Waals surface area contributed by atoms with Gasteiger partial charge >= 0.3 is 0 Å². The highest BCUT2D eigenvalue weighted by atomic mass is 19.1.